The van der Waals surface area contributed by atoms with E-state index in [-0.39, 0.29) is 37.0 Å². The minimum absolute atomic E-state index is 0. The molecule has 1 fully saturated rings. The molecule has 2 N–H and O–H groups in total. The lowest BCUT2D eigenvalue weighted by Gasteiger charge is -2.11. The summed E-state index contributed by atoms with van der Waals surface area (Å²) in [4.78, 5) is 0. The fraction of sp³-hybridized carbons (Fsp3) is 0.667. The third kappa shape index (κ3) is 3.08. The number of halogens is 2. The summed E-state index contributed by atoms with van der Waals surface area (Å²) in [5.74, 6) is 0. The molecule has 2 rings (SSSR count). The van der Waals surface area contributed by atoms with Gasteiger partial charge >= 0.3 is 0 Å². The standard InChI is InChI=1S/C9H15N3O.2ClH/c1-2-12-6-7(5-11-12)9-8(10)3-4-13-9;;/h5-6,8-9H,2-4,10H2,1H3;2*1H/t8-,9+;;/m1../s1. The van der Waals surface area contributed by atoms with Gasteiger partial charge in [-0.25, -0.2) is 0 Å². The lowest BCUT2D eigenvalue weighted by Crippen LogP contribution is -2.23. The van der Waals surface area contributed by atoms with Gasteiger partial charge in [-0.3, -0.25) is 4.68 Å². The summed E-state index contributed by atoms with van der Waals surface area (Å²) < 4.78 is 7.42. The predicted octanol–water partition coefficient (Wildman–Crippen LogP) is 1.54. The summed E-state index contributed by atoms with van der Waals surface area (Å²) in [6.45, 7) is 3.72. The molecule has 1 saturated heterocycles. The lowest BCUT2D eigenvalue weighted by atomic mass is 10.1. The molecule has 1 aromatic rings. The van der Waals surface area contributed by atoms with E-state index in [0.29, 0.717) is 0 Å². The van der Waals surface area contributed by atoms with Crippen LogP contribution in [0.15, 0.2) is 12.4 Å². The number of rotatable bonds is 2. The predicted molar refractivity (Wildman–Crippen MR) is 63.7 cm³/mol. The number of hydrogen-bond donors (Lipinski definition) is 1. The first kappa shape index (κ1) is 14.7. The molecule has 0 spiro atoms. The van der Waals surface area contributed by atoms with Crippen molar-refractivity contribution in [1.29, 1.82) is 0 Å². The van der Waals surface area contributed by atoms with E-state index in [0.717, 1.165) is 25.1 Å². The molecule has 1 aliphatic rings. The van der Waals surface area contributed by atoms with Crippen LogP contribution in [-0.2, 0) is 11.3 Å². The third-order valence-corrected chi connectivity index (χ3v) is 2.44. The molecule has 88 valence electrons. The van der Waals surface area contributed by atoms with Crippen LogP contribution in [0.2, 0.25) is 0 Å². The second-order valence-electron chi connectivity index (χ2n) is 3.37. The second-order valence-corrected chi connectivity index (χ2v) is 3.37. The molecule has 0 amide bonds. The van der Waals surface area contributed by atoms with Gasteiger partial charge in [0.25, 0.3) is 0 Å². The van der Waals surface area contributed by atoms with Gasteiger partial charge in [0.15, 0.2) is 0 Å². The van der Waals surface area contributed by atoms with Crippen molar-refractivity contribution in [3.63, 3.8) is 0 Å². The van der Waals surface area contributed by atoms with Crippen molar-refractivity contribution in [2.75, 3.05) is 6.61 Å². The van der Waals surface area contributed by atoms with Crippen LogP contribution in [-0.4, -0.2) is 22.4 Å². The summed E-state index contributed by atoms with van der Waals surface area (Å²) in [6.07, 6.45) is 4.86. The van der Waals surface area contributed by atoms with Crippen LogP contribution < -0.4 is 5.73 Å². The first-order valence-corrected chi connectivity index (χ1v) is 4.71. The molecule has 0 aromatic carbocycles. The molecule has 1 aliphatic heterocycles. The van der Waals surface area contributed by atoms with Crippen LogP contribution in [0, 0.1) is 0 Å². The number of aryl methyl sites for hydroxylation is 1. The third-order valence-electron chi connectivity index (χ3n) is 2.44. The lowest BCUT2D eigenvalue weighted by molar-refractivity contribution is 0.105. The van der Waals surface area contributed by atoms with Gasteiger partial charge in [-0.15, -0.1) is 24.8 Å². The Morgan fingerprint density at radius 3 is 2.80 bits per heavy atom. The molecule has 2 heterocycles. The molecule has 2 atom stereocenters. The zero-order valence-electron chi connectivity index (χ0n) is 8.63. The van der Waals surface area contributed by atoms with E-state index in [2.05, 4.69) is 12.0 Å². The van der Waals surface area contributed by atoms with Crippen molar-refractivity contribution < 1.29 is 4.74 Å². The Morgan fingerprint density at radius 1 is 1.60 bits per heavy atom. The van der Waals surface area contributed by atoms with Crippen molar-refractivity contribution in [2.45, 2.75) is 32.0 Å². The molecule has 4 nitrogen and oxygen atoms in total. The Bertz CT molecular complexity index is 293. The summed E-state index contributed by atoms with van der Waals surface area (Å²) in [7, 11) is 0. The van der Waals surface area contributed by atoms with E-state index < -0.39 is 0 Å². The maximum Gasteiger partial charge on any atom is 0.101 e. The average Bonchev–Trinajstić information content (AvgIpc) is 2.71. The van der Waals surface area contributed by atoms with Gasteiger partial charge in [-0.05, 0) is 13.3 Å². The zero-order chi connectivity index (χ0) is 9.26. The van der Waals surface area contributed by atoms with Crippen LogP contribution in [0.5, 0.6) is 0 Å². The molecule has 0 saturated carbocycles. The quantitative estimate of drug-likeness (QED) is 0.870. The van der Waals surface area contributed by atoms with Crippen molar-refractivity contribution in [2.24, 2.45) is 5.73 Å². The molecule has 0 radical (unpaired) electrons. The van der Waals surface area contributed by atoms with E-state index in [1.54, 1.807) is 0 Å². The highest BCUT2D eigenvalue weighted by atomic mass is 35.5. The summed E-state index contributed by atoms with van der Waals surface area (Å²) >= 11 is 0. The van der Waals surface area contributed by atoms with Crippen LogP contribution in [0.3, 0.4) is 0 Å². The summed E-state index contributed by atoms with van der Waals surface area (Å²) in [6, 6.07) is 0.134. The fourth-order valence-electron chi connectivity index (χ4n) is 1.65. The smallest absolute Gasteiger partial charge is 0.101 e. The molecule has 0 bridgehead atoms. The van der Waals surface area contributed by atoms with Crippen molar-refractivity contribution >= 4 is 24.8 Å². The van der Waals surface area contributed by atoms with Gasteiger partial charge < -0.3 is 10.5 Å². The Morgan fingerprint density at radius 2 is 2.33 bits per heavy atom. The van der Waals surface area contributed by atoms with Crippen LogP contribution in [0.4, 0.5) is 0 Å². The minimum atomic E-state index is 0. The van der Waals surface area contributed by atoms with Gasteiger partial charge in [-0.1, -0.05) is 0 Å². The molecular formula is C9H17Cl2N3O. The van der Waals surface area contributed by atoms with E-state index in [1.165, 1.54) is 0 Å². The molecule has 1 aromatic heterocycles. The van der Waals surface area contributed by atoms with Crippen molar-refractivity contribution in [3.8, 4) is 0 Å². The van der Waals surface area contributed by atoms with Crippen LogP contribution in [0.1, 0.15) is 25.0 Å². The SMILES string of the molecule is CCn1cc([C@@H]2OCC[C@H]2N)cn1.Cl.Cl. The highest BCUT2D eigenvalue weighted by molar-refractivity contribution is 5.85. The topological polar surface area (TPSA) is 53.1 Å². The number of nitrogens with two attached hydrogens (primary N) is 1. The highest BCUT2D eigenvalue weighted by Gasteiger charge is 2.27. The van der Waals surface area contributed by atoms with Crippen molar-refractivity contribution in [3.05, 3.63) is 18.0 Å². The summed E-state index contributed by atoms with van der Waals surface area (Å²) in [5, 5.41) is 4.19. The first-order chi connectivity index (χ1) is 6.31. The van der Waals surface area contributed by atoms with Crippen LogP contribution in [0.25, 0.3) is 0 Å². The first-order valence-electron chi connectivity index (χ1n) is 4.71. The van der Waals surface area contributed by atoms with Crippen LogP contribution >= 0.6 is 24.8 Å². The highest BCUT2D eigenvalue weighted by Crippen LogP contribution is 2.26. The normalized spacial score (nSPS) is 24.4. The minimum Gasteiger partial charge on any atom is -0.372 e. The summed E-state index contributed by atoms with van der Waals surface area (Å²) in [5.41, 5.74) is 7.00. The largest absolute Gasteiger partial charge is 0.372 e. The van der Waals surface area contributed by atoms with E-state index in [9.17, 15) is 0 Å². The molecule has 6 heteroatoms. The monoisotopic (exact) mass is 253 g/mol. The fourth-order valence-corrected chi connectivity index (χ4v) is 1.65. The Balaban J connectivity index is 0.000000980. The van der Waals surface area contributed by atoms with Gasteiger partial charge in [0.1, 0.15) is 6.10 Å². The van der Waals surface area contributed by atoms with E-state index in [1.807, 2.05) is 17.1 Å². The van der Waals surface area contributed by atoms with Gasteiger partial charge in [-0.2, -0.15) is 5.10 Å². The van der Waals surface area contributed by atoms with Gasteiger partial charge in [0, 0.05) is 31.0 Å². The molecule has 0 aliphatic carbocycles. The van der Waals surface area contributed by atoms with Gasteiger partial charge in [0.05, 0.1) is 6.20 Å². The number of nitrogens with zero attached hydrogens (tertiary/aromatic N) is 2. The van der Waals surface area contributed by atoms with Gasteiger partial charge in [0.2, 0.25) is 0 Å². The maximum atomic E-state index is 5.90. The maximum absolute atomic E-state index is 5.90. The van der Waals surface area contributed by atoms with E-state index >= 15 is 0 Å². The zero-order valence-corrected chi connectivity index (χ0v) is 10.3. The number of aromatic nitrogens is 2. The Hall–Kier alpha value is -0.290. The number of hydrogen-bond acceptors (Lipinski definition) is 3. The van der Waals surface area contributed by atoms with Crippen molar-refractivity contribution in [1.82, 2.24) is 9.78 Å². The molecule has 15 heavy (non-hydrogen) atoms. The average molecular weight is 254 g/mol. The molecular weight excluding hydrogens is 237 g/mol. The molecule has 0 unspecified atom stereocenters. The Kier molecular flexibility index (Phi) is 6.20. The Labute approximate surface area is 102 Å². The number of ether oxygens (including phenoxy) is 1. The second kappa shape index (κ2) is 6.33. The van der Waals surface area contributed by atoms with E-state index in [4.69, 9.17) is 10.5 Å².